The molecule has 1 amide bonds. The van der Waals surface area contributed by atoms with Crippen molar-refractivity contribution in [2.24, 2.45) is 0 Å². The molecule has 1 N–H and O–H groups in total. The molecule has 0 bridgehead atoms. The Labute approximate surface area is 170 Å². The molecule has 0 radical (unpaired) electrons. The standard InChI is InChI=1S/C22H25N5O2/c28-22(24-14-18-5-2-1-3-6-18)20-17-29-21(25-20)16-27-11-9-26(10-12-27)15-19-7-4-8-23-13-19/h1-8,13,17H,9-12,14-16H2,(H,24,28). The summed E-state index contributed by atoms with van der Waals surface area (Å²) in [6.07, 6.45) is 5.16. The van der Waals surface area contributed by atoms with Crippen LogP contribution in [0.1, 0.15) is 27.5 Å². The van der Waals surface area contributed by atoms with Crippen LogP contribution in [0.25, 0.3) is 0 Å². The highest BCUT2D eigenvalue weighted by Gasteiger charge is 2.20. The predicted octanol–water partition coefficient (Wildman–Crippen LogP) is 2.32. The van der Waals surface area contributed by atoms with E-state index < -0.39 is 0 Å². The maximum absolute atomic E-state index is 12.3. The van der Waals surface area contributed by atoms with Crippen LogP contribution < -0.4 is 5.32 Å². The lowest BCUT2D eigenvalue weighted by Crippen LogP contribution is -2.45. The molecule has 7 nitrogen and oxygen atoms in total. The number of hydrogen-bond donors (Lipinski definition) is 1. The molecule has 4 rings (SSSR count). The molecule has 3 heterocycles. The SMILES string of the molecule is O=C(NCc1ccccc1)c1coc(CN2CCN(Cc3cccnc3)CC2)n1. The van der Waals surface area contributed by atoms with Gasteiger partial charge in [0.15, 0.2) is 5.69 Å². The van der Waals surface area contributed by atoms with Gasteiger partial charge in [0.05, 0.1) is 6.54 Å². The summed E-state index contributed by atoms with van der Waals surface area (Å²) in [5.41, 5.74) is 2.61. The molecule has 1 aliphatic rings. The van der Waals surface area contributed by atoms with E-state index in [-0.39, 0.29) is 5.91 Å². The van der Waals surface area contributed by atoms with Crippen molar-refractivity contribution < 1.29 is 9.21 Å². The summed E-state index contributed by atoms with van der Waals surface area (Å²) < 4.78 is 5.53. The number of aromatic nitrogens is 2. The first-order chi connectivity index (χ1) is 14.3. The van der Waals surface area contributed by atoms with Crippen LogP contribution in [-0.2, 0) is 19.6 Å². The summed E-state index contributed by atoms with van der Waals surface area (Å²) in [5.74, 6) is 0.362. The van der Waals surface area contributed by atoms with Gasteiger partial charge >= 0.3 is 0 Å². The van der Waals surface area contributed by atoms with E-state index in [4.69, 9.17) is 4.42 Å². The third kappa shape index (κ3) is 5.49. The van der Waals surface area contributed by atoms with E-state index in [1.54, 1.807) is 6.20 Å². The van der Waals surface area contributed by atoms with Crippen LogP contribution in [0.4, 0.5) is 0 Å². The first kappa shape index (κ1) is 19.3. The zero-order valence-corrected chi connectivity index (χ0v) is 16.3. The van der Waals surface area contributed by atoms with E-state index in [1.165, 1.54) is 11.8 Å². The van der Waals surface area contributed by atoms with Crippen LogP contribution in [0.15, 0.2) is 65.5 Å². The number of carbonyl (C=O) groups excluding carboxylic acids is 1. The quantitative estimate of drug-likeness (QED) is 0.666. The molecule has 0 atom stereocenters. The van der Waals surface area contributed by atoms with Crippen molar-refractivity contribution >= 4 is 5.91 Å². The van der Waals surface area contributed by atoms with Gasteiger partial charge in [-0.15, -0.1) is 0 Å². The summed E-state index contributed by atoms with van der Waals surface area (Å²) in [4.78, 5) is 25.5. The van der Waals surface area contributed by atoms with Crippen LogP contribution in [0.2, 0.25) is 0 Å². The van der Waals surface area contributed by atoms with Crippen LogP contribution in [0.5, 0.6) is 0 Å². The summed E-state index contributed by atoms with van der Waals surface area (Å²) in [5, 5.41) is 2.87. The summed E-state index contributed by atoms with van der Waals surface area (Å²) in [6, 6.07) is 13.9. The number of oxazole rings is 1. The van der Waals surface area contributed by atoms with Gasteiger partial charge in [0.25, 0.3) is 5.91 Å². The lowest BCUT2D eigenvalue weighted by atomic mass is 10.2. The number of hydrogen-bond acceptors (Lipinski definition) is 6. The Morgan fingerprint density at radius 1 is 0.966 bits per heavy atom. The molecule has 7 heteroatoms. The van der Waals surface area contributed by atoms with Gasteiger partial charge in [-0.2, -0.15) is 0 Å². The van der Waals surface area contributed by atoms with Crippen molar-refractivity contribution in [2.45, 2.75) is 19.6 Å². The van der Waals surface area contributed by atoms with Gasteiger partial charge in [-0.3, -0.25) is 19.6 Å². The van der Waals surface area contributed by atoms with E-state index >= 15 is 0 Å². The molecule has 1 saturated heterocycles. The van der Waals surface area contributed by atoms with Gasteiger partial charge in [0.1, 0.15) is 6.26 Å². The van der Waals surface area contributed by atoms with Crippen molar-refractivity contribution in [3.63, 3.8) is 0 Å². The van der Waals surface area contributed by atoms with E-state index in [2.05, 4.69) is 31.2 Å². The molecule has 3 aromatic rings. The number of nitrogens with zero attached hydrogens (tertiary/aromatic N) is 4. The Kier molecular flexibility index (Phi) is 6.29. The van der Waals surface area contributed by atoms with Crippen molar-refractivity contribution in [3.05, 3.63) is 83.8 Å². The molecule has 29 heavy (non-hydrogen) atoms. The van der Waals surface area contributed by atoms with Crippen LogP contribution >= 0.6 is 0 Å². The van der Waals surface area contributed by atoms with Gasteiger partial charge in [0, 0.05) is 51.7 Å². The third-order valence-electron chi connectivity index (χ3n) is 5.03. The van der Waals surface area contributed by atoms with Gasteiger partial charge in [0.2, 0.25) is 5.89 Å². The zero-order chi connectivity index (χ0) is 19.9. The monoisotopic (exact) mass is 391 g/mol. The summed E-state index contributed by atoms with van der Waals surface area (Å²) in [7, 11) is 0. The van der Waals surface area contributed by atoms with Gasteiger partial charge in [-0.25, -0.2) is 4.98 Å². The maximum atomic E-state index is 12.3. The largest absolute Gasteiger partial charge is 0.447 e. The molecular formula is C22H25N5O2. The van der Waals surface area contributed by atoms with E-state index in [0.717, 1.165) is 38.3 Å². The Morgan fingerprint density at radius 2 is 1.69 bits per heavy atom. The Morgan fingerprint density at radius 3 is 2.41 bits per heavy atom. The molecule has 0 spiro atoms. The van der Waals surface area contributed by atoms with Crippen molar-refractivity contribution in [1.82, 2.24) is 25.1 Å². The van der Waals surface area contributed by atoms with E-state index in [1.807, 2.05) is 42.6 Å². The third-order valence-corrected chi connectivity index (χ3v) is 5.03. The second-order valence-corrected chi connectivity index (χ2v) is 7.21. The summed E-state index contributed by atoms with van der Waals surface area (Å²) in [6.45, 7) is 5.87. The first-order valence-electron chi connectivity index (χ1n) is 9.86. The Balaban J connectivity index is 1.23. The summed E-state index contributed by atoms with van der Waals surface area (Å²) >= 11 is 0. The lowest BCUT2D eigenvalue weighted by molar-refractivity contribution is 0.0945. The fourth-order valence-corrected chi connectivity index (χ4v) is 3.40. The van der Waals surface area contributed by atoms with E-state index in [9.17, 15) is 4.79 Å². The average molecular weight is 391 g/mol. The van der Waals surface area contributed by atoms with Crippen molar-refractivity contribution in [1.29, 1.82) is 0 Å². The van der Waals surface area contributed by atoms with Crippen LogP contribution in [0.3, 0.4) is 0 Å². The Bertz CT molecular complexity index is 905. The molecule has 0 saturated carbocycles. The minimum absolute atomic E-state index is 0.217. The number of carbonyl (C=O) groups is 1. The minimum atomic E-state index is -0.217. The molecule has 150 valence electrons. The highest BCUT2D eigenvalue weighted by Crippen LogP contribution is 2.11. The number of piperazine rings is 1. The van der Waals surface area contributed by atoms with Gasteiger partial charge in [-0.05, 0) is 17.2 Å². The Hall–Kier alpha value is -3.03. The highest BCUT2D eigenvalue weighted by atomic mass is 16.3. The number of nitrogens with one attached hydrogen (secondary N) is 1. The smallest absolute Gasteiger partial charge is 0.273 e. The first-order valence-corrected chi connectivity index (χ1v) is 9.86. The second kappa shape index (κ2) is 9.45. The van der Waals surface area contributed by atoms with Crippen LogP contribution in [0, 0.1) is 0 Å². The number of rotatable bonds is 7. The highest BCUT2D eigenvalue weighted by molar-refractivity contribution is 5.91. The van der Waals surface area contributed by atoms with Crippen LogP contribution in [-0.4, -0.2) is 51.9 Å². The molecule has 0 aliphatic carbocycles. The van der Waals surface area contributed by atoms with Crippen molar-refractivity contribution in [3.8, 4) is 0 Å². The predicted molar refractivity (Wildman–Crippen MR) is 109 cm³/mol. The number of pyridine rings is 1. The van der Waals surface area contributed by atoms with Gasteiger partial charge < -0.3 is 9.73 Å². The number of benzene rings is 1. The minimum Gasteiger partial charge on any atom is -0.447 e. The molecule has 0 unspecified atom stereocenters. The molecule has 1 aromatic carbocycles. The fourth-order valence-electron chi connectivity index (χ4n) is 3.40. The molecule has 2 aromatic heterocycles. The maximum Gasteiger partial charge on any atom is 0.273 e. The second-order valence-electron chi connectivity index (χ2n) is 7.21. The lowest BCUT2D eigenvalue weighted by Gasteiger charge is -2.33. The number of amides is 1. The fraction of sp³-hybridized carbons (Fsp3) is 0.318. The normalized spacial score (nSPS) is 15.3. The topological polar surface area (TPSA) is 74.5 Å². The zero-order valence-electron chi connectivity index (χ0n) is 16.3. The molecule has 1 aliphatic heterocycles. The van der Waals surface area contributed by atoms with E-state index in [0.29, 0.717) is 24.7 Å². The molecule has 1 fully saturated rings. The van der Waals surface area contributed by atoms with Crippen molar-refractivity contribution in [2.75, 3.05) is 26.2 Å². The average Bonchev–Trinajstić information content (AvgIpc) is 3.23. The molecular weight excluding hydrogens is 366 g/mol. The van der Waals surface area contributed by atoms with Gasteiger partial charge in [-0.1, -0.05) is 36.4 Å².